The van der Waals surface area contributed by atoms with Gasteiger partial charge in [0.25, 0.3) is 11.5 Å². The summed E-state index contributed by atoms with van der Waals surface area (Å²) in [5.74, 6) is 1.19. The van der Waals surface area contributed by atoms with E-state index in [9.17, 15) is 4.55 Å². The molecule has 0 aromatic heterocycles. The average Bonchev–Trinajstić information content (AvgIpc) is 2.56. The number of benzene rings is 2. The molecule has 1 aliphatic rings. The molecule has 2 aromatic carbocycles. The minimum Gasteiger partial charge on any atom is -0.565 e. The maximum atomic E-state index is 11.9. The van der Waals surface area contributed by atoms with E-state index in [-0.39, 0.29) is 12.0 Å². The van der Waals surface area contributed by atoms with Crippen molar-refractivity contribution in [3.63, 3.8) is 0 Å². The molecule has 1 heterocycles. The van der Waals surface area contributed by atoms with E-state index >= 15 is 0 Å². The standard InChI is InChI=1S/C17H17N3O3S/c1-12-4-8-14(9-5-12)22-16-18-24(21)19-17(20(16)3)23-15-10-6-13(2)7-11-15/h4-11H,1-3H3. The van der Waals surface area contributed by atoms with Crippen LogP contribution in [0.5, 0.6) is 11.5 Å². The number of aryl methyl sites for hydroxylation is 2. The summed E-state index contributed by atoms with van der Waals surface area (Å²) in [5.41, 5.74) is 2.24. The highest BCUT2D eigenvalue weighted by molar-refractivity contribution is 7.89. The number of amidine groups is 2. The number of nitrogens with zero attached hydrogens (tertiary/aromatic N) is 3. The molecule has 1 aliphatic heterocycles. The lowest BCUT2D eigenvalue weighted by molar-refractivity contribution is 0.408. The van der Waals surface area contributed by atoms with Crippen molar-refractivity contribution in [1.29, 1.82) is 0 Å². The summed E-state index contributed by atoms with van der Waals surface area (Å²) in [5, 5.41) is 0. The lowest BCUT2D eigenvalue weighted by atomic mass is 10.2. The lowest BCUT2D eigenvalue weighted by Crippen LogP contribution is -2.43. The summed E-state index contributed by atoms with van der Waals surface area (Å²) in [7, 11) is 1.69. The maximum Gasteiger partial charge on any atom is 0.354 e. The zero-order valence-corrected chi connectivity index (χ0v) is 14.4. The summed E-state index contributed by atoms with van der Waals surface area (Å²) in [6.07, 6.45) is 0. The van der Waals surface area contributed by atoms with Crippen LogP contribution >= 0.6 is 0 Å². The fourth-order valence-electron chi connectivity index (χ4n) is 1.96. The molecule has 6 nitrogen and oxygen atoms in total. The first kappa shape index (κ1) is 16.4. The van der Waals surface area contributed by atoms with Gasteiger partial charge in [0.2, 0.25) is 0 Å². The number of hydrogen-bond donors (Lipinski definition) is 0. The van der Waals surface area contributed by atoms with Gasteiger partial charge in [-0.3, -0.25) is 0 Å². The van der Waals surface area contributed by atoms with E-state index in [1.165, 1.54) is 4.90 Å². The molecule has 3 rings (SSSR count). The van der Waals surface area contributed by atoms with Crippen molar-refractivity contribution in [3.8, 4) is 11.5 Å². The van der Waals surface area contributed by atoms with Crippen LogP contribution in [0, 0.1) is 13.8 Å². The Morgan fingerprint density at radius 1 is 0.792 bits per heavy atom. The second-order valence-electron chi connectivity index (χ2n) is 5.37. The van der Waals surface area contributed by atoms with Gasteiger partial charge in [0.15, 0.2) is 0 Å². The van der Waals surface area contributed by atoms with Crippen molar-refractivity contribution in [2.75, 3.05) is 7.05 Å². The fourth-order valence-corrected chi connectivity index (χ4v) is 2.58. The van der Waals surface area contributed by atoms with Gasteiger partial charge in [0, 0.05) is 15.8 Å². The smallest absolute Gasteiger partial charge is 0.354 e. The average molecular weight is 343 g/mol. The Bertz CT molecular complexity index is 707. The summed E-state index contributed by atoms with van der Waals surface area (Å²) < 4.78 is 31.1. The molecular formula is C17H17N3O3S. The van der Waals surface area contributed by atoms with Crippen LogP contribution in [0.2, 0.25) is 0 Å². The Hall–Kier alpha value is -2.51. The van der Waals surface area contributed by atoms with Crippen LogP contribution in [0.4, 0.5) is 0 Å². The lowest BCUT2D eigenvalue weighted by Gasteiger charge is -2.22. The molecular weight excluding hydrogens is 326 g/mol. The Morgan fingerprint density at radius 3 is 1.54 bits per heavy atom. The number of rotatable bonds is 2. The minimum atomic E-state index is -1.79. The van der Waals surface area contributed by atoms with Crippen LogP contribution in [0.15, 0.2) is 57.3 Å². The van der Waals surface area contributed by atoms with E-state index in [1.807, 2.05) is 62.4 Å². The van der Waals surface area contributed by atoms with Crippen LogP contribution in [0.25, 0.3) is 0 Å². The van der Waals surface area contributed by atoms with E-state index in [2.05, 4.69) is 8.80 Å². The molecule has 0 fully saturated rings. The molecule has 24 heavy (non-hydrogen) atoms. The molecule has 0 atom stereocenters. The zero-order valence-electron chi connectivity index (χ0n) is 13.6. The number of hydrogen-bond acceptors (Lipinski definition) is 6. The topological polar surface area (TPSA) is 69.5 Å². The predicted molar refractivity (Wildman–Crippen MR) is 94.4 cm³/mol. The van der Waals surface area contributed by atoms with Crippen LogP contribution in [0.1, 0.15) is 11.1 Å². The highest BCUT2D eigenvalue weighted by atomic mass is 32.2. The van der Waals surface area contributed by atoms with Crippen LogP contribution < -0.4 is 9.47 Å². The first-order valence-electron chi connectivity index (χ1n) is 7.33. The molecule has 0 radical (unpaired) electrons. The molecule has 0 saturated carbocycles. The van der Waals surface area contributed by atoms with Gasteiger partial charge >= 0.3 is 12.0 Å². The first-order valence-corrected chi connectivity index (χ1v) is 8.40. The Morgan fingerprint density at radius 2 is 1.17 bits per heavy atom. The van der Waals surface area contributed by atoms with Crippen molar-refractivity contribution < 1.29 is 14.0 Å². The van der Waals surface area contributed by atoms with Gasteiger partial charge in [-0.25, -0.2) is 4.90 Å². The van der Waals surface area contributed by atoms with Crippen LogP contribution in [-0.4, -0.2) is 28.5 Å². The van der Waals surface area contributed by atoms with Crippen molar-refractivity contribution in [2.24, 2.45) is 8.80 Å². The van der Waals surface area contributed by atoms with Crippen molar-refractivity contribution >= 4 is 23.6 Å². The highest BCUT2D eigenvalue weighted by Crippen LogP contribution is 2.18. The molecule has 0 spiro atoms. The molecule has 7 heteroatoms. The van der Waals surface area contributed by atoms with E-state index in [0.717, 1.165) is 11.1 Å². The third kappa shape index (κ3) is 3.87. The maximum absolute atomic E-state index is 11.9. The van der Waals surface area contributed by atoms with Gasteiger partial charge in [-0.1, -0.05) is 35.4 Å². The SMILES string of the molecule is Cc1ccc(OC2=N[S+]([O-])N=C(Oc3ccc(C)cc3)N2C)cc1. The van der Waals surface area contributed by atoms with Crippen molar-refractivity contribution in [2.45, 2.75) is 13.8 Å². The Kier molecular flexibility index (Phi) is 4.73. The second-order valence-corrected chi connectivity index (χ2v) is 6.19. The molecule has 0 N–H and O–H groups in total. The molecule has 0 saturated heterocycles. The monoisotopic (exact) mass is 343 g/mol. The van der Waals surface area contributed by atoms with Gasteiger partial charge in [-0.05, 0) is 38.1 Å². The van der Waals surface area contributed by atoms with Gasteiger partial charge in [-0.15, -0.1) is 0 Å². The van der Waals surface area contributed by atoms with E-state index in [0.29, 0.717) is 11.5 Å². The summed E-state index contributed by atoms with van der Waals surface area (Å²) in [4.78, 5) is 1.51. The van der Waals surface area contributed by atoms with Crippen molar-refractivity contribution in [1.82, 2.24) is 4.90 Å². The molecule has 0 unspecified atom stereocenters. The van der Waals surface area contributed by atoms with Crippen LogP contribution in [-0.2, 0) is 11.5 Å². The van der Waals surface area contributed by atoms with Gasteiger partial charge in [0.1, 0.15) is 11.5 Å². The number of ether oxygens (including phenoxy) is 2. The predicted octanol–water partition coefficient (Wildman–Crippen LogP) is 3.00. The van der Waals surface area contributed by atoms with E-state index in [4.69, 9.17) is 9.47 Å². The molecule has 124 valence electrons. The molecule has 0 aliphatic carbocycles. The second kappa shape index (κ2) is 6.94. The fraction of sp³-hybridized carbons (Fsp3) is 0.176. The Balaban J connectivity index is 1.75. The normalized spacial score (nSPS) is 14.9. The van der Waals surface area contributed by atoms with Crippen molar-refractivity contribution in [3.05, 3.63) is 59.7 Å². The van der Waals surface area contributed by atoms with E-state index in [1.54, 1.807) is 7.05 Å². The largest absolute Gasteiger partial charge is 0.565 e. The quantitative estimate of drug-likeness (QED) is 0.786. The highest BCUT2D eigenvalue weighted by Gasteiger charge is 2.29. The third-order valence-corrected chi connectivity index (χ3v) is 3.97. The van der Waals surface area contributed by atoms with Gasteiger partial charge in [-0.2, -0.15) is 0 Å². The minimum absolute atomic E-state index is 0.161. The zero-order chi connectivity index (χ0) is 17.1. The Labute approximate surface area is 143 Å². The molecule has 2 aromatic rings. The molecule has 0 amide bonds. The summed E-state index contributed by atoms with van der Waals surface area (Å²) in [6, 6.07) is 15.3. The van der Waals surface area contributed by atoms with Gasteiger partial charge in [0.05, 0.1) is 0 Å². The van der Waals surface area contributed by atoms with Crippen LogP contribution in [0.3, 0.4) is 0 Å². The first-order chi connectivity index (χ1) is 11.5. The third-order valence-electron chi connectivity index (χ3n) is 3.35. The summed E-state index contributed by atoms with van der Waals surface area (Å²) in [6.45, 7) is 3.98. The summed E-state index contributed by atoms with van der Waals surface area (Å²) >= 11 is -1.79. The molecule has 0 bridgehead atoms. The van der Waals surface area contributed by atoms with Gasteiger partial charge < -0.3 is 14.0 Å². The van der Waals surface area contributed by atoms with E-state index < -0.39 is 11.5 Å².